The summed E-state index contributed by atoms with van der Waals surface area (Å²) in [6.45, 7) is 1.58. The molecule has 1 aromatic rings. The summed E-state index contributed by atoms with van der Waals surface area (Å²) in [4.78, 5) is 14.0. The Kier molecular flexibility index (Phi) is 3.98. The summed E-state index contributed by atoms with van der Waals surface area (Å²) in [5, 5.41) is 12.0. The minimum Gasteiger partial charge on any atom is -0.396 e. The molecule has 2 N–H and O–H groups in total. The van der Waals surface area contributed by atoms with E-state index in [4.69, 9.17) is 5.11 Å². The molecule has 1 amide bonds. The maximum absolute atomic E-state index is 11.9. The van der Waals surface area contributed by atoms with Gasteiger partial charge in [0.15, 0.2) is 0 Å². The maximum Gasteiger partial charge on any atom is 0.242 e. The molecule has 92 valence electrons. The van der Waals surface area contributed by atoms with Crippen LogP contribution in [0.25, 0.3) is 0 Å². The molecule has 0 aliphatic carbocycles. The predicted octanol–water partition coefficient (Wildman–Crippen LogP) is 0.764. The first-order chi connectivity index (χ1) is 8.33. The Morgan fingerprint density at radius 2 is 2.12 bits per heavy atom. The third-order valence-electron chi connectivity index (χ3n) is 3.04. The average molecular weight is 234 g/mol. The van der Waals surface area contributed by atoms with Crippen molar-refractivity contribution in [2.24, 2.45) is 0 Å². The maximum atomic E-state index is 11.9. The van der Waals surface area contributed by atoms with E-state index in [0.717, 1.165) is 18.7 Å². The lowest BCUT2D eigenvalue weighted by atomic mass is 10.1. The van der Waals surface area contributed by atoms with Crippen molar-refractivity contribution in [3.05, 3.63) is 30.3 Å². The van der Waals surface area contributed by atoms with Crippen LogP contribution >= 0.6 is 0 Å². The van der Waals surface area contributed by atoms with E-state index in [9.17, 15) is 4.79 Å². The molecule has 1 aromatic carbocycles. The number of benzene rings is 1. The van der Waals surface area contributed by atoms with Crippen molar-refractivity contribution in [1.82, 2.24) is 5.32 Å². The van der Waals surface area contributed by atoms with Gasteiger partial charge in [0.25, 0.3) is 0 Å². The SMILES string of the molecule is O=C1NCCCN(c2ccccc2)C1CCO. The van der Waals surface area contributed by atoms with Crippen LogP contribution in [0.15, 0.2) is 30.3 Å². The first-order valence-corrected chi connectivity index (χ1v) is 6.03. The van der Waals surface area contributed by atoms with Crippen LogP contribution < -0.4 is 10.2 Å². The molecule has 0 radical (unpaired) electrons. The molecule has 1 aliphatic heterocycles. The highest BCUT2D eigenvalue weighted by Crippen LogP contribution is 2.20. The molecular weight excluding hydrogens is 216 g/mol. The van der Waals surface area contributed by atoms with Gasteiger partial charge in [0.1, 0.15) is 6.04 Å². The van der Waals surface area contributed by atoms with Gasteiger partial charge in [-0.25, -0.2) is 0 Å². The van der Waals surface area contributed by atoms with Crippen LogP contribution in [0.5, 0.6) is 0 Å². The van der Waals surface area contributed by atoms with Crippen molar-refractivity contribution in [1.29, 1.82) is 0 Å². The van der Waals surface area contributed by atoms with Gasteiger partial charge in [-0.1, -0.05) is 18.2 Å². The number of nitrogens with zero attached hydrogens (tertiary/aromatic N) is 1. The van der Waals surface area contributed by atoms with Crippen LogP contribution in [0.3, 0.4) is 0 Å². The summed E-state index contributed by atoms with van der Waals surface area (Å²) in [6.07, 6.45) is 1.41. The van der Waals surface area contributed by atoms with E-state index >= 15 is 0 Å². The van der Waals surface area contributed by atoms with Crippen LogP contribution in [0.2, 0.25) is 0 Å². The van der Waals surface area contributed by atoms with E-state index in [2.05, 4.69) is 10.2 Å². The van der Waals surface area contributed by atoms with Gasteiger partial charge < -0.3 is 15.3 Å². The van der Waals surface area contributed by atoms with Crippen molar-refractivity contribution in [2.45, 2.75) is 18.9 Å². The molecule has 1 atom stereocenters. The monoisotopic (exact) mass is 234 g/mol. The first-order valence-electron chi connectivity index (χ1n) is 6.03. The molecule has 1 unspecified atom stereocenters. The van der Waals surface area contributed by atoms with E-state index in [-0.39, 0.29) is 18.6 Å². The number of carbonyl (C=O) groups is 1. The zero-order chi connectivity index (χ0) is 12.1. The summed E-state index contributed by atoms with van der Waals surface area (Å²) in [5.74, 6) is 0.0143. The van der Waals surface area contributed by atoms with E-state index in [1.807, 2.05) is 30.3 Å². The van der Waals surface area contributed by atoms with Crippen molar-refractivity contribution in [2.75, 3.05) is 24.6 Å². The number of carbonyl (C=O) groups excluding carboxylic acids is 1. The van der Waals surface area contributed by atoms with Crippen LogP contribution in [-0.2, 0) is 4.79 Å². The topological polar surface area (TPSA) is 52.6 Å². The lowest BCUT2D eigenvalue weighted by Crippen LogP contribution is -2.45. The van der Waals surface area contributed by atoms with Crippen molar-refractivity contribution in [3.8, 4) is 0 Å². The van der Waals surface area contributed by atoms with Gasteiger partial charge in [0.05, 0.1) is 0 Å². The molecule has 0 bridgehead atoms. The third kappa shape index (κ3) is 2.77. The Bertz CT molecular complexity index is 367. The molecule has 2 rings (SSSR count). The number of hydrogen-bond donors (Lipinski definition) is 2. The Balaban J connectivity index is 2.24. The quantitative estimate of drug-likeness (QED) is 0.812. The minimum atomic E-state index is -0.259. The van der Waals surface area contributed by atoms with E-state index in [0.29, 0.717) is 13.0 Å². The highest BCUT2D eigenvalue weighted by molar-refractivity contribution is 5.85. The Labute approximate surface area is 101 Å². The smallest absolute Gasteiger partial charge is 0.242 e. The second-order valence-corrected chi connectivity index (χ2v) is 4.20. The highest BCUT2D eigenvalue weighted by Gasteiger charge is 2.27. The number of hydrogen-bond acceptors (Lipinski definition) is 3. The Morgan fingerprint density at radius 1 is 1.35 bits per heavy atom. The molecule has 0 spiro atoms. The molecule has 1 saturated heterocycles. The summed E-state index contributed by atoms with van der Waals surface area (Å²) < 4.78 is 0. The summed E-state index contributed by atoms with van der Waals surface area (Å²) in [5.41, 5.74) is 1.04. The van der Waals surface area contributed by atoms with Crippen LogP contribution in [0.1, 0.15) is 12.8 Å². The number of anilines is 1. The van der Waals surface area contributed by atoms with Gasteiger partial charge in [-0.3, -0.25) is 4.79 Å². The number of aliphatic hydroxyl groups is 1. The lowest BCUT2D eigenvalue weighted by molar-refractivity contribution is -0.122. The van der Waals surface area contributed by atoms with Crippen molar-refractivity contribution in [3.63, 3.8) is 0 Å². The van der Waals surface area contributed by atoms with Gasteiger partial charge in [-0.05, 0) is 25.0 Å². The van der Waals surface area contributed by atoms with Gasteiger partial charge in [-0.2, -0.15) is 0 Å². The predicted molar refractivity (Wildman–Crippen MR) is 66.9 cm³/mol. The third-order valence-corrected chi connectivity index (χ3v) is 3.04. The van der Waals surface area contributed by atoms with Gasteiger partial charge in [0, 0.05) is 25.4 Å². The number of aliphatic hydroxyl groups excluding tert-OH is 1. The van der Waals surface area contributed by atoms with Crippen molar-refractivity contribution >= 4 is 11.6 Å². The van der Waals surface area contributed by atoms with Gasteiger partial charge in [0.2, 0.25) is 5.91 Å². The largest absolute Gasteiger partial charge is 0.396 e. The zero-order valence-corrected chi connectivity index (χ0v) is 9.80. The van der Waals surface area contributed by atoms with Crippen molar-refractivity contribution < 1.29 is 9.90 Å². The average Bonchev–Trinajstić information content (AvgIpc) is 2.54. The second kappa shape index (κ2) is 5.68. The van der Waals surface area contributed by atoms with Crippen LogP contribution in [-0.4, -0.2) is 36.8 Å². The molecule has 4 heteroatoms. The fourth-order valence-corrected chi connectivity index (χ4v) is 2.21. The molecule has 4 nitrogen and oxygen atoms in total. The fraction of sp³-hybridized carbons (Fsp3) is 0.462. The summed E-state index contributed by atoms with van der Waals surface area (Å²) >= 11 is 0. The molecule has 0 saturated carbocycles. The normalized spacial score (nSPS) is 20.9. The standard InChI is InChI=1S/C13H18N2O2/c16-10-7-12-13(17)14-8-4-9-15(12)11-5-2-1-3-6-11/h1-3,5-6,12,16H,4,7-10H2,(H,14,17). The van der Waals surface area contributed by atoms with Gasteiger partial charge >= 0.3 is 0 Å². The summed E-state index contributed by atoms with van der Waals surface area (Å²) in [7, 11) is 0. The van der Waals surface area contributed by atoms with E-state index < -0.39 is 0 Å². The van der Waals surface area contributed by atoms with Crippen LogP contribution in [0.4, 0.5) is 5.69 Å². The van der Waals surface area contributed by atoms with Crippen LogP contribution in [0, 0.1) is 0 Å². The summed E-state index contributed by atoms with van der Waals surface area (Å²) in [6, 6.07) is 9.64. The van der Waals surface area contributed by atoms with E-state index in [1.165, 1.54) is 0 Å². The van der Waals surface area contributed by atoms with Gasteiger partial charge in [-0.15, -0.1) is 0 Å². The molecular formula is C13H18N2O2. The highest BCUT2D eigenvalue weighted by atomic mass is 16.3. The second-order valence-electron chi connectivity index (χ2n) is 4.20. The number of para-hydroxylation sites is 1. The Morgan fingerprint density at radius 3 is 2.82 bits per heavy atom. The first kappa shape index (κ1) is 11.9. The molecule has 17 heavy (non-hydrogen) atoms. The molecule has 1 aliphatic rings. The number of amides is 1. The number of rotatable bonds is 3. The number of nitrogens with one attached hydrogen (secondary N) is 1. The molecule has 1 heterocycles. The zero-order valence-electron chi connectivity index (χ0n) is 9.80. The minimum absolute atomic E-state index is 0.0143. The molecule has 0 aromatic heterocycles. The van der Waals surface area contributed by atoms with E-state index in [1.54, 1.807) is 0 Å². The lowest BCUT2D eigenvalue weighted by Gasteiger charge is -2.30. The fourth-order valence-electron chi connectivity index (χ4n) is 2.21. The molecule has 1 fully saturated rings. The Hall–Kier alpha value is -1.55.